The fourth-order valence-electron chi connectivity index (χ4n) is 1.53. The van der Waals surface area contributed by atoms with E-state index in [1.54, 1.807) is 36.7 Å². The van der Waals surface area contributed by atoms with Crippen molar-refractivity contribution in [3.63, 3.8) is 0 Å². The van der Waals surface area contributed by atoms with Crippen molar-refractivity contribution in [3.8, 4) is 0 Å². The summed E-state index contributed by atoms with van der Waals surface area (Å²) in [5.74, 6) is -0.399. The van der Waals surface area contributed by atoms with Gasteiger partial charge in [-0.3, -0.25) is 4.98 Å². The lowest BCUT2D eigenvalue weighted by Crippen LogP contribution is -2.14. The maximum Gasteiger partial charge on any atom is 0.129 e. The molecule has 1 unspecified atom stereocenters. The van der Waals surface area contributed by atoms with Crippen LogP contribution in [0.3, 0.4) is 0 Å². The summed E-state index contributed by atoms with van der Waals surface area (Å²) in [4.78, 5) is 3.95. The van der Waals surface area contributed by atoms with Crippen molar-refractivity contribution in [2.24, 2.45) is 5.73 Å². The van der Waals surface area contributed by atoms with Gasteiger partial charge in [-0.05, 0) is 23.8 Å². The molecule has 1 atom stereocenters. The van der Waals surface area contributed by atoms with Gasteiger partial charge < -0.3 is 5.73 Å². The quantitative estimate of drug-likeness (QED) is 0.871. The minimum Gasteiger partial charge on any atom is -0.320 e. The molecular formula is C12H10ClFN2. The minimum atomic E-state index is -0.595. The Labute approximate surface area is 97.9 Å². The van der Waals surface area contributed by atoms with Crippen molar-refractivity contribution < 1.29 is 4.39 Å². The topological polar surface area (TPSA) is 38.9 Å². The second kappa shape index (κ2) is 4.60. The number of benzene rings is 1. The molecule has 0 aliphatic heterocycles. The lowest BCUT2D eigenvalue weighted by molar-refractivity contribution is 0.599. The molecule has 0 aliphatic rings. The molecule has 2 N–H and O–H groups in total. The van der Waals surface area contributed by atoms with Gasteiger partial charge in [0, 0.05) is 23.0 Å². The van der Waals surface area contributed by atoms with Crippen LogP contribution in [0.2, 0.25) is 5.02 Å². The number of hydrogen-bond acceptors (Lipinski definition) is 2. The highest BCUT2D eigenvalue weighted by molar-refractivity contribution is 6.31. The van der Waals surface area contributed by atoms with E-state index < -0.39 is 11.9 Å². The first-order valence-electron chi connectivity index (χ1n) is 4.79. The van der Waals surface area contributed by atoms with E-state index in [2.05, 4.69) is 4.98 Å². The zero-order valence-electron chi connectivity index (χ0n) is 8.40. The number of nitrogens with two attached hydrogens (primary N) is 1. The predicted octanol–water partition coefficient (Wildman–Crippen LogP) is 2.92. The minimum absolute atomic E-state index is 0.303. The molecule has 0 saturated heterocycles. The van der Waals surface area contributed by atoms with Crippen LogP contribution in [0.5, 0.6) is 0 Å². The second-order valence-corrected chi connectivity index (χ2v) is 3.81. The Bertz CT molecular complexity index is 467. The van der Waals surface area contributed by atoms with E-state index in [-0.39, 0.29) is 0 Å². The van der Waals surface area contributed by atoms with Crippen molar-refractivity contribution >= 4 is 11.6 Å². The summed E-state index contributed by atoms with van der Waals surface area (Å²) in [5, 5.41) is 0.330. The number of nitrogens with zero attached hydrogens (tertiary/aromatic N) is 1. The summed E-state index contributed by atoms with van der Waals surface area (Å²) in [6.07, 6.45) is 3.24. The van der Waals surface area contributed by atoms with Crippen LogP contribution < -0.4 is 5.73 Å². The molecule has 82 valence electrons. The molecule has 2 nitrogen and oxygen atoms in total. The van der Waals surface area contributed by atoms with Crippen LogP contribution in [0.4, 0.5) is 4.39 Å². The maximum atomic E-state index is 13.6. The van der Waals surface area contributed by atoms with Gasteiger partial charge in [0.2, 0.25) is 0 Å². The standard InChI is InChI=1S/C12H10ClFN2/c13-9-4-1-5-10(14)11(9)12(15)8-3-2-6-16-7-8/h1-7,12H,15H2. The number of pyridine rings is 1. The van der Waals surface area contributed by atoms with E-state index in [0.29, 0.717) is 10.6 Å². The summed E-state index contributed by atoms with van der Waals surface area (Å²) >= 11 is 5.93. The number of hydrogen-bond donors (Lipinski definition) is 1. The zero-order chi connectivity index (χ0) is 11.5. The van der Waals surface area contributed by atoms with Crippen LogP contribution in [0.1, 0.15) is 17.2 Å². The lowest BCUT2D eigenvalue weighted by atomic mass is 10.0. The van der Waals surface area contributed by atoms with E-state index >= 15 is 0 Å². The third kappa shape index (κ3) is 2.05. The normalized spacial score (nSPS) is 12.4. The highest BCUT2D eigenvalue weighted by Crippen LogP contribution is 2.28. The monoisotopic (exact) mass is 236 g/mol. The Balaban J connectivity index is 2.46. The van der Waals surface area contributed by atoms with Gasteiger partial charge in [-0.25, -0.2) is 4.39 Å². The molecule has 0 saturated carbocycles. The van der Waals surface area contributed by atoms with Gasteiger partial charge in [-0.1, -0.05) is 23.7 Å². The first-order valence-corrected chi connectivity index (χ1v) is 5.17. The Morgan fingerprint density at radius 2 is 2.06 bits per heavy atom. The second-order valence-electron chi connectivity index (χ2n) is 3.40. The lowest BCUT2D eigenvalue weighted by Gasteiger charge is -2.14. The molecule has 0 amide bonds. The molecule has 1 aromatic carbocycles. The maximum absolute atomic E-state index is 13.6. The molecule has 0 bridgehead atoms. The summed E-state index contributed by atoms with van der Waals surface area (Å²) in [7, 11) is 0. The number of halogens is 2. The fourth-order valence-corrected chi connectivity index (χ4v) is 1.81. The van der Waals surface area contributed by atoms with E-state index in [1.807, 2.05) is 0 Å². The van der Waals surface area contributed by atoms with Gasteiger partial charge in [-0.15, -0.1) is 0 Å². The predicted molar refractivity (Wildman–Crippen MR) is 61.7 cm³/mol. The van der Waals surface area contributed by atoms with E-state index in [4.69, 9.17) is 17.3 Å². The SMILES string of the molecule is NC(c1cccnc1)c1c(F)cccc1Cl. The van der Waals surface area contributed by atoms with Crippen molar-refractivity contribution in [3.05, 3.63) is 64.7 Å². The molecule has 0 aliphatic carbocycles. The van der Waals surface area contributed by atoms with Crippen LogP contribution in [0, 0.1) is 5.82 Å². The largest absolute Gasteiger partial charge is 0.320 e. The summed E-state index contributed by atoms with van der Waals surface area (Å²) in [6, 6.07) is 7.47. The van der Waals surface area contributed by atoms with Crippen LogP contribution in [-0.4, -0.2) is 4.98 Å². The Morgan fingerprint density at radius 1 is 1.25 bits per heavy atom. The van der Waals surface area contributed by atoms with Crippen molar-refractivity contribution in [2.75, 3.05) is 0 Å². The van der Waals surface area contributed by atoms with Gasteiger partial charge in [-0.2, -0.15) is 0 Å². The smallest absolute Gasteiger partial charge is 0.129 e. The Hall–Kier alpha value is -1.45. The Morgan fingerprint density at radius 3 is 2.69 bits per heavy atom. The third-order valence-electron chi connectivity index (χ3n) is 2.35. The first kappa shape index (κ1) is 11.0. The van der Waals surface area contributed by atoms with E-state index in [1.165, 1.54) is 6.07 Å². The summed E-state index contributed by atoms with van der Waals surface area (Å²) < 4.78 is 13.6. The van der Waals surface area contributed by atoms with Crippen molar-refractivity contribution in [2.45, 2.75) is 6.04 Å². The summed E-state index contributed by atoms with van der Waals surface area (Å²) in [6.45, 7) is 0. The molecule has 16 heavy (non-hydrogen) atoms. The molecule has 2 rings (SSSR count). The Kier molecular flexibility index (Phi) is 3.17. The average Bonchev–Trinajstić information content (AvgIpc) is 2.30. The van der Waals surface area contributed by atoms with Crippen LogP contribution in [0.25, 0.3) is 0 Å². The highest BCUT2D eigenvalue weighted by Gasteiger charge is 2.16. The van der Waals surface area contributed by atoms with Crippen LogP contribution >= 0.6 is 11.6 Å². The highest BCUT2D eigenvalue weighted by atomic mass is 35.5. The molecule has 1 heterocycles. The molecule has 0 fully saturated rings. The first-order chi connectivity index (χ1) is 7.70. The van der Waals surface area contributed by atoms with Gasteiger partial charge in [0.25, 0.3) is 0 Å². The van der Waals surface area contributed by atoms with E-state index in [0.717, 1.165) is 5.56 Å². The molecule has 0 spiro atoms. The van der Waals surface area contributed by atoms with Crippen LogP contribution in [-0.2, 0) is 0 Å². The number of rotatable bonds is 2. The molecule has 4 heteroatoms. The third-order valence-corrected chi connectivity index (χ3v) is 2.68. The van der Waals surface area contributed by atoms with Crippen molar-refractivity contribution in [1.29, 1.82) is 0 Å². The van der Waals surface area contributed by atoms with Gasteiger partial charge in [0.05, 0.1) is 6.04 Å². The van der Waals surface area contributed by atoms with E-state index in [9.17, 15) is 4.39 Å². The van der Waals surface area contributed by atoms with Gasteiger partial charge in [0.15, 0.2) is 0 Å². The molecule has 1 aromatic heterocycles. The van der Waals surface area contributed by atoms with Gasteiger partial charge >= 0.3 is 0 Å². The molecule has 2 aromatic rings. The summed E-state index contributed by atoms with van der Waals surface area (Å²) in [5.41, 5.74) is 6.99. The zero-order valence-corrected chi connectivity index (χ0v) is 9.16. The molecular weight excluding hydrogens is 227 g/mol. The van der Waals surface area contributed by atoms with Gasteiger partial charge in [0.1, 0.15) is 5.82 Å². The molecule has 0 radical (unpaired) electrons. The fraction of sp³-hybridized carbons (Fsp3) is 0.0833. The number of aromatic nitrogens is 1. The average molecular weight is 237 g/mol. The van der Waals surface area contributed by atoms with Crippen molar-refractivity contribution in [1.82, 2.24) is 4.98 Å². The van der Waals surface area contributed by atoms with Crippen LogP contribution in [0.15, 0.2) is 42.7 Å².